The number of benzene rings is 1. The van der Waals surface area contributed by atoms with Crippen molar-refractivity contribution in [3.8, 4) is 0 Å². The van der Waals surface area contributed by atoms with E-state index in [9.17, 15) is 4.79 Å². The molecular weight excluding hydrogens is 380 g/mol. The summed E-state index contributed by atoms with van der Waals surface area (Å²) in [5.74, 6) is 0.844. The van der Waals surface area contributed by atoms with Crippen LogP contribution in [0.2, 0.25) is 0 Å². The zero-order valence-electron chi connectivity index (χ0n) is 16.6. The van der Waals surface area contributed by atoms with E-state index >= 15 is 0 Å². The Morgan fingerprint density at radius 3 is 2.66 bits per heavy atom. The van der Waals surface area contributed by atoms with E-state index in [1.807, 2.05) is 48.7 Å². The SMILES string of the molecule is CCc1nc2ccccc2n1C[C@@H](C)C(=O)N[C@@H](c1ccncc1)c1cccs1. The fraction of sp³-hybridized carbons (Fsp3) is 0.261. The van der Waals surface area contributed by atoms with Gasteiger partial charge < -0.3 is 9.88 Å². The average molecular weight is 405 g/mol. The van der Waals surface area contributed by atoms with Gasteiger partial charge in [-0.15, -0.1) is 11.3 Å². The summed E-state index contributed by atoms with van der Waals surface area (Å²) in [7, 11) is 0. The highest BCUT2D eigenvalue weighted by atomic mass is 32.1. The lowest BCUT2D eigenvalue weighted by molar-refractivity contribution is -0.125. The molecule has 0 saturated carbocycles. The monoisotopic (exact) mass is 404 g/mol. The van der Waals surface area contributed by atoms with Crippen LogP contribution in [0.1, 0.15) is 36.2 Å². The summed E-state index contributed by atoms with van der Waals surface area (Å²) in [6, 6.07) is 15.9. The molecule has 0 radical (unpaired) electrons. The van der Waals surface area contributed by atoms with E-state index in [1.165, 1.54) is 0 Å². The molecule has 0 aliphatic heterocycles. The second kappa shape index (κ2) is 8.57. The van der Waals surface area contributed by atoms with Gasteiger partial charge in [0.1, 0.15) is 5.82 Å². The number of carbonyl (C=O) groups excluding carboxylic acids is 1. The highest BCUT2D eigenvalue weighted by molar-refractivity contribution is 7.10. The number of fused-ring (bicyclic) bond motifs is 1. The second-order valence-corrected chi connectivity index (χ2v) is 8.10. The minimum Gasteiger partial charge on any atom is -0.344 e. The molecule has 4 rings (SSSR count). The van der Waals surface area contributed by atoms with Crippen LogP contribution in [0.4, 0.5) is 0 Å². The third-order valence-electron chi connectivity index (χ3n) is 5.11. The van der Waals surface area contributed by atoms with E-state index in [1.54, 1.807) is 23.7 Å². The summed E-state index contributed by atoms with van der Waals surface area (Å²) >= 11 is 1.64. The topological polar surface area (TPSA) is 59.8 Å². The Balaban J connectivity index is 1.56. The third kappa shape index (κ3) is 4.07. The first-order valence-corrected chi connectivity index (χ1v) is 10.7. The van der Waals surface area contributed by atoms with Crippen LogP contribution < -0.4 is 5.32 Å². The Labute approximate surface area is 174 Å². The van der Waals surface area contributed by atoms with Crippen LogP contribution in [-0.2, 0) is 17.8 Å². The van der Waals surface area contributed by atoms with Crippen LogP contribution in [0, 0.1) is 5.92 Å². The van der Waals surface area contributed by atoms with Crippen molar-refractivity contribution in [2.24, 2.45) is 5.92 Å². The van der Waals surface area contributed by atoms with Gasteiger partial charge in [-0.05, 0) is 41.3 Å². The molecule has 5 nitrogen and oxygen atoms in total. The van der Waals surface area contributed by atoms with Crippen LogP contribution in [0.3, 0.4) is 0 Å². The maximum Gasteiger partial charge on any atom is 0.225 e. The van der Waals surface area contributed by atoms with Crippen LogP contribution in [-0.4, -0.2) is 20.4 Å². The summed E-state index contributed by atoms with van der Waals surface area (Å²) in [6.07, 6.45) is 4.35. The van der Waals surface area contributed by atoms with E-state index in [0.717, 1.165) is 33.7 Å². The van der Waals surface area contributed by atoms with Gasteiger partial charge in [-0.1, -0.05) is 32.0 Å². The van der Waals surface area contributed by atoms with Crippen molar-refractivity contribution < 1.29 is 4.79 Å². The number of aromatic nitrogens is 3. The van der Waals surface area contributed by atoms with Gasteiger partial charge >= 0.3 is 0 Å². The van der Waals surface area contributed by atoms with Crippen molar-refractivity contribution in [3.63, 3.8) is 0 Å². The van der Waals surface area contributed by atoms with Gasteiger partial charge in [-0.3, -0.25) is 9.78 Å². The molecule has 3 aromatic heterocycles. The minimum atomic E-state index is -0.192. The zero-order valence-corrected chi connectivity index (χ0v) is 17.4. The highest BCUT2D eigenvalue weighted by Crippen LogP contribution is 2.26. The molecule has 2 atom stereocenters. The fourth-order valence-electron chi connectivity index (χ4n) is 3.57. The quantitative estimate of drug-likeness (QED) is 0.490. The molecule has 1 N–H and O–H groups in total. The number of imidazole rings is 1. The molecule has 1 amide bonds. The predicted octanol–water partition coefficient (Wildman–Crippen LogP) is 4.60. The minimum absolute atomic E-state index is 0.0278. The lowest BCUT2D eigenvalue weighted by Gasteiger charge is -2.21. The Bertz CT molecular complexity index is 1090. The Morgan fingerprint density at radius 2 is 1.93 bits per heavy atom. The molecule has 0 spiro atoms. The lowest BCUT2D eigenvalue weighted by Crippen LogP contribution is -2.35. The molecule has 0 bridgehead atoms. The third-order valence-corrected chi connectivity index (χ3v) is 6.04. The molecule has 0 aliphatic rings. The van der Waals surface area contributed by atoms with E-state index in [-0.39, 0.29) is 17.9 Å². The van der Waals surface area contributed by atoms with Crippen molar-refractivity contribution in [2.45, 2.75) is 32.9 Å². The number of nitrogens with zero attached hydrogens (tertiary/aromatic N) is 3. The van der Waals surface area contributed by atoms with Crippen molar-refractivity contribution >= 4 is 28.3 Å². The summed E-state index contributed by atoms with van der Waals surface area (Å²) in [5, 5.41) is 5.28. The van der Waals surface area contributed by atoms with Gasteiger partial charge in [0.2, 0.25) is 5.91 Å². The molecule has 29 heavy (non-hydrogen) atoms. The summed E-state index contributed by atoms with van der Waals surface area (Å²) in [4.78, 5) is 23.1. The Kier molecular flexibility index (Phi) is 5.71. The van der Waals surface area contributed by atoms with E-state index in [4.69, 9.17) is 4.98 Å². The smallest absolute Gasteiger partial charge is 0.225 e. The number of rotatable bonds is 7. The first kappa shape index (κ1) is 19.3. The van der Waals surface area contributed by atoms with Gasteiger partial charge in [0.25, 0.3) is 0 Å². The van der Waals surface area contributed by atoms with Gasteiger partial charge in [-0.2, -0.15) is 0 Å². The zero-order chi connectivity index (χ0) is 20.2. The molecule has 0 fully saturated rings. The molecule has 6 heteroatoms. The normalized spacial score (nSPS) is 13.3. The van der Waals surface area contributed by atoms with Crippen LogP contribution in [0.25, 0.3) is 11.0 Å². The number of amides is 1. The molecule has 0 aliphatic carbocycles. The maximum absolute atomic E-state index is 13.1. The molecule has 148 valence electrons. The van der Waals surface area contributed by atoms with Crippen LogP contribution in [0.15, 0.2) is 66.3 Å². The molecule has 3 heterocycles. The second-order valence-electron chi connectivity index (χ2n) is 7.12. The van der Waals surface area contributed by atoms with Gasteiger partial charge in [0.05, 0.1) is 23.0 Å². The van der Waals surface area contributed by atoms with Crippen molar-refractivity contribution in [3.05, 3.63) is 82.6 Å². The Hall–Kier alpha value is -2.99. The first-order valence-electron chi connectivity index (χ1n) is 9.85. The number of para-hydroxylation sites is 2. The number of nitrogens with one attached hydrogen (secondary N) is 1. The standard InChI is InChI=1S/C23H24N4OS/c1-3-21-25-18-7-4-5-8-19(18)27(21)15-16(2)23(28)26-22(20-9-6-14-29-20)17-10-12-24-13-11-17/h4-14,16,22H,3,15H2,1-2H3,(H,26,28)/t16-,22+/m1/s1. The van der Waals surface area contributed by atoms with Crippen LogP contribution in [0.5, 0.6) is 0 Å². The number of thiophene rings is 1. The fourth-order valence-corrected chi connectivity index (χ4v) is 4.37. The van der Waals surface area contributed by atoms with Crippen LogP contribution >= 0.6 is 11.3 Å². The predicted molar refractivity (Wildman–Crippen MR) is 117 cm³/mol. The average Bonchev–Trinajstić information content (AvgIpc) is 3.41. The molecule has 0 unspecified atom stereocenters. The maximum atomic E-state index is 13.1. The Morgan fingerprint density at radius 1 is 1.14 bits per heavy atom. The summed E-state index contributed by atoms with van der Waals surface area (Å²) in [5.41, 5.74) is 3.09. The number of aryl methyl sites for hydroxylation is 1. The molecule has 1 aromatic carbocycles. The number of hydrogen-bond donors (Lipinski definition) is 1. The molecular formula is C23H24N4OS. The summed E-state index contributed by atoms with van der Waals surface area (Å²) in [6.45, 7) is 4.67. The first-order chi connectivity index (χ1) is 14.2. The van der Waals surface area contributed by atoms with Gasteiger partial charge in [0, 0.05) is 30.2 Å². The van der Waals surface area contributed by atoms with E-state index in [2.05, 4.69) is 33.9 Å². The number of carbonyl (C=O) groups is 1. The van der Waals surface area contributed by atoms with Gasteiger partial charge in [0.15, 0.2) is 0 Å². The largest absolute Gasteiger partial charge is 0.344 e. The van der Waals surface area contributed by atoms with Crippen molar-refractivity contribution in [1.82, 2.24) is 19.9 Å². The molecule has 4 aromatic rings. The van der Waals surface area contributed by atoms with E-state index < -0.39 is 0 Å². The lowest BCUT2D eigenvalue weighted by atomic mass is 10.0. The molecule has 0 saturated heterocycles. The van der Waals surface area contributed by atoms with Crippen molar-refractivity contribution in [1.29, 1.82) is 0 Å². The van der Waals surface area contributed by atoms with Crippen molar-refractivity contribution in [2.75, 3.05) is 0 Å². The van der Waals surface area contributed by atoms with E-state index in [0.29, 0.717) is 6.54 Å². The number of pyridine rings is 1. The van der Waals surface area contributed by atoms with Gasteiger partial charge in [-0.25, -0.2) is 4.98 Å². The highest BCUT2D eigenvalue weighted by Gasteiger charge is 2.23. The summed E-state index contributed by atoms with van der Waals surface area (Å²) < 4.78 is 2.17. The number of hydrogen-bond acceptors (Lipinski definition) is 4.